The first-order chi connectivity index (χ1) is 19.1. The molecule has 0 radical (unpaired) electrons. The van der Waals surface area contributed by atoms with Crippen molar-refractivity contribution in [3.8, 4) is 0 Å². The number of hydrogen-bond acceptors (Lipinski definition) is 3. The number of amides is 1. The zero-order valence-corrected chi connectivity index (χ0v) is 23.8. The molecule has 0 heterocycles. The smallest absolute Gasteiger partial charge is 0.331 e. The van der Waals surface area contributed by atoms with Crippen LogP contribution in [0.1, 0.15) is 69.5 Å². The minimum absolute atomic E-state index is 0.00463. The van der Waals surface area contributed by atoms with Crippen molar-refractivity contribution < 1.29 is 19.5 Å². The van der Waals surface area contributed by atoms with E-state index in [-0.39, 0.29) is 46.8 Å². The van der Waals surface area contributed by atoms with Gasteiger partial charge >= 0.3 is 5.97 Å². The van der Waals surface area contributed by atoms with Crippen LogP contribution in [-0.2, 0) is 14.4 Å². The van der Waals surface area contributed by atoms with Crippen LogP contribution in [0, 0.1) is 34.5 Å². The Balaban J connectivity index is 1.28. The normalized spacial score (nSPS) is 33.5. The first-order valence-electron chi connectivity index (χ1n) is 14.4. The van der Waals surface area contributed by atoms with Gasteiger partial charge in [0.1, 0.15) is 5.78 Å². The molecule has 4 aliphatic carbocycles. The van der Waals surface area contributed by atoms with Gasteiger partial charge in [-0.15, -0.1) is 0 Å². The van der Waals surface area contributed by atoms with Crippen molar-refractivity contribution in [3.05, 3.63) is 94.0 Å². The molecule has 2 aromatic rings. The number of rotatable bonds is 5. The van der Waals surface area contributed by atoms with Crippen molar-refractivity contribution in [2.45, 2.75) is 58.4 Å². The molecule has 2 N–H and O–H groups in total. The van der Waals surface area contributed by atoms with Crippen LogP contribution < -0.4 is 5.32 Å². The summed E-state index contributed by atoms with van der Waals surface area (Å²) in [6, 6.07) is 17.2. The zero-order valence-electron chi connectivity index (χ0n) is 23.0. The molecule has 0 saturated heterocycles. The lowest BCUT2D eigenvalue weighted by atomic mass is 9.47. The van der Waals surface area contributed by atoms with Crippen LogP contribution in [-0.4, -0.2) is 22.8 Å². The Morgan fingerprint density at radius 2 is 1.73 bits per heavy atom. The summed E-state index contributed by atoms with van der Waals surface area (Å²) in [5, 5.41) is 13.6. The Morgan fingerprint density at radius 3 is 2.42 bits per heavy atom. The molecule has 5 nitrogen and oxygen atoms in total. The Bertz CT molecular complexity index is 1410. The number of carbonyl (C=O) groups is 3. The summed E-state index contributed by atoms with van der Waals surface area (Å²) in [5.41, 5.74) is 2.67. The fraction of sp³-hybridized carbons (Fsp3) is 0.441. The standard InChI is InChI=1S/C34H36ClNO4/c1-33-17-16-22(32(39)40)18-23(33)10-13-25-26-14-15-27(34(26,2)19-28(37)29(25)33)31(38)36-30(20-6-4-3-5-7-20)21-8-11-24(35)12-9-21/h3-12,18,25-27,29-30H,13-17,19H2,1-2H3,(H,36,38)(H,39,40)/t25-,26-,27+,29+,30?,33-,34-/m0/s1. The van der Waals surface area contributed by atoms with Gasteiger partial charge in [0.25, 0.3) is 0 Å². The van der Waals surface area contributed by atoms with Gasteiger partial charge in [-0.3, -0.25) is 9.59 Å². The number of carboxylic acids is 1. The summed E-state index contributed by atoms with van der Waals surface area (Å²) in [5.74, 6) is -0.542. The average Bonchev–Trinajstić information content (AvgIpc) is 3.28. The minimum Gasteiger partial charge on any atom is -0.478 e. The van der Waals surface area contributed by atoms with Crippen LogP contribution in [0.4, 0.5) is 0 Å². The fourth-order valence-corrected chi connectivity index (χ4v) is 8.79. The molecule has 0 spiro atoms. The average molecular weight is 558 g/mol. The quantitative estimate of drug-likeness (QED) is 0.418. The van der Waals surface area contributed by atoms with Gasteiger partial charge in [-0.25, -0.2) is 4.79 Å². The molecule has 0 aromatic heterocycles. The number of nitrogens with one attached hydrogen (secondary N) is 1. The third-order valence-corrected chi connectivity index (χ3v) is 10.9. The van der Waals surface area contributed by atoms with Crippen LogP contribution in [0.5, 0.6) is 0 Å². The van der Waals surface area contributed by atoms with Crippen LogP contribution in [0.25, 0.3) is 0 Å². The van der Waals surface area contributed by atoms with E-state index >= 15 is 0 Å². The minimum atomic E-state index is -0.871. The van der Waals surface area contributed by atoms with Crippen LogP contribution in [0.2, 0.25) is 5.02 Å². The highest BCUT2D eigenvalue weighted by Crippen LogP contribution is 2.65. The molecule has 208 valence electrons. The van der Waals surface area contributed by atoms with E-state index in [4.69, 9.17) is 11.6 Å². The predicted octanol–water partition coefficient (Wildman–Crippen LogP) is 6.92. The summed E-state index contributed by atoms with van der Waals surface area (Å²) in [6.45, 7) is 4.31. The first-order valence-corrected chi connectivity index (χ1v) is 14.8. The van der Waals surface area contributed by atoms with Crippen LogP contribution >= 0.6 is 11.6 Å². The van der Waals surface area contributed by atoms with Gasteiger partial charge in [-0.1, -0.05) is 74.0 Å². The number of allylic oxidation sites excluding steroid dienone is 3. The number of ketones is 1. The summed E-state index contributed by atoms with van der Waals surface area (Å²) < 4.78 is 0. The van der Waals surface area contributed by atoms with Crippen LogP contribution in [0.15, 0.2) is 77.9 Å². The molecule has 2 saturated carbocycles. The molecule has 1 amide bonds. The maximum absolute atomic E-state index is 14.1. The second-order valence-electron chi connectivity index (χ2n) is 12.7. The largest absolute Gasteiger partial charge is 0.478 e. The second-order valence-corrected chi connectivity index (χ2v) is 13.2. The maximum atomic E-state index is 14.1. The third kappa shape index (κ3) is 4.34. The highest BCUT2D eigenvalue weighted by molar-refractivity contribution is 6.30. The van der Waals surface area contributed by atoms with E-state index in [1.165, 1.54) is 0 Å². The van der Waals surface area contributed by atoms with Gasteiger partial charge in [0.05, 0.1) is 6.04 Å². The molecule has 0 aliphatic heterocycles. The van der Waals surface area contributed by atoms with Gasteiger partial charge < -0.3 is 10.4 Å². The van der Waals surface area contributed by atoms with E-state index in [1.54, 1.807) is 0 Å². The van der Waals surface area contributed by atoms with Gasteiger partial charge in [0, 0.05) is 34.3 Å². The Hall–Kier alpha value is -3.18. The molecule has 1 unspecified atom stereocenters. The Labute approximate surface area is 240 Å². The van der Waals surface area contributed by atoms with Gasteiger partial charge in [-0.05, 0) is 84.3 Å². The van der Waals surface area contributed by atoms with Crippen molar-refractivity contribution in [3.63, 3.8) is 0 Å². The number of hydrogen-bond donors (Lipinski definition) is 2. The third-order valence-electron chi connectivity index (χ3n) is 10.7. The number of fused-ring (bicyclic) bond motifs is 5. The molecule has 2 fully saturated rings. The fourth-order valence-electron chi connectivity index (χ4n) is 8.66. The lowest BCUT2D eigenvalue weighted by Gasteiger charge is -2.55. The van der Waals surface area contributed by atoms with E-state index < -0.39 is 11.4 Å². The highest BCUT2D eigenvalue weighted by Gasteiger charge is 2.62. The highest BCUT2D eigenvalue weighted by atomic mass is 35.5. The molecule has 6 heteroatoms. The molecular weight excluding hydrogens is 522 g/mol. The topological polar surface area (TPSA) is 83.5 Å². The number of benzene rings is 2. The second kappa shape index (κ2) is 10.0. The lowest BCUT2D eigenvalue weighted by Crippen LogP contribution is -2.55. The molecule has 7 atom stereocenters. The van der Waals surface area contributed by atoms with E-state index in [9.17, 15) is 19.5 Å². The summed E-state index contributed by atoms with van der Waals surface area (Å²) >= 11 is 6.16. The molecule has 2 aromatic carbocycles. The number of aliphatic carboxylic acids is 1. The molecule has 40 heavy (non-hydrogen) atoms. The van der Waals surface area contributed by atoms with Crippen molar-refractivity contribution in [2.24, 2.45) is 34.5 Å². The Kier molecular flexibility index (Phi) is 6.77. The zero-order chi connectivity index (χ0) is 28.2. The molecule has 0 bridgehead atoms. The number of carbonyl (C=O) groups excluding carboxylic acids is 2. The summed E-state index contributed by atoms with van der Waals surface area (Å²) in [7, 11) is 0. The predicted molar refractivity (Wildman–Crippen MR) is 155 cm³/mol. The van der Waals surface area contributed by atoms with Crippen molar-refractivity contribution in [2.75, 3.05) is 0 Å². The number of carboxylic acid groups (broad SMARTS) is 1. The van der Waals surface area contributed by atoms with E-state index in [2.05, 4.69) is 25.2 Å². The van der Waals surface area contributed by atoms with E-state index in [1.807, 2.05) is 60.7 Å². The van der Waals surface area contributed by atoms with E-state index in [0.717, 1.165) is 36.0 Å². The van der Waals surface area contributed by atoms with Crippen molar-refractivity contribution >= 4 is 29.3 Å². The molecule has 6 rings (SSSR count). The molecule has 4 aliphatic rings. The lowest BCUT2D eigenvalue weighted by molar-refractivity contribution is -0.146. The molecular formula is C34H36ClNO4. The van der Waals surface area contributed by atoms with Gasteiger partial charge in [0.2, 0.25) is 5.91 Å². The monoisotopic (exact) mass is 557 g/mol. The van der Waals surface area contributed by atoms with Crippen molar-refractivity contribution in [1.82, 2.24) is 5.32 Å². The van der Waals surface area contributed by atoms with E-state index in [0.29, 0.717) is 29.9 Å². The summed E-state index contributed by atoms with van der Waals surface area (Å²) in [6.07, 6.45) is 8.01. The van der Waals surface area contributed by atoms with Crippen molar-refractivity contribution in [1.29, 1.82) is 0 Å². The van der Waals surface area contributed by atoms with Gasteiger partial charge in [0.15, 0.2) is 0 Å². The maximum Gasteiger partial charge on any atom is 0.331 e. The van der Waals surface area contributed by atoms with Crippen LogP contribution in [0.3, 0.4) is 0 Å². The summed E-state index contributed by atoms with van der Waals surface area (Å²) in [4.78, 5) is 39.7. The first kappa shape index (κ1) is 27.0. The van der Waals surface area contributed by atoms with Gasteiger partial charge in [-0.2, -0.15) is 0 Å². The Morgan fingerprint density at radius 1 is 1.02 bits per heavy atom. The number of halogens is 1. The SMILES string of the molecule is C[C@]12CC(=O)[C@H]3[C@@H](CC=C4C=C(C(=O)O)CC[C@@]43C)[C@@H]1CC[C@@H]2C(=O)NC(c1ccccc1)c1ccc(Cl)cc1. The number of Topliss-reactive ketones (excluding diaryl/α,β-unsaturated/α-hetero) is 1.